The molecule has 29 heavy (non-hydrogen) atoms. The molecule has 1 aromatic heterocycles. The van der Waals surface area contributed by atoms with Gasteiger partial charge in [0.1, 0.15) is 5.82 Å². The van der Waals surface area contributed by atoms with Gasteiger partial charge in [-0.15, -0.1) is 0 Å². The minimum Gasteiger partial charge on any atom is -0.354 e. The molecule has 2 aliphatic rings. The van der Waals surface area contributed by atoms with E-state index in [4.69, 9.17) is 0 Å². The highest BCUT2D eigenvalue weighted by Crippen LogP contribution is 2.28. The van der Waals surface area contributed by atoms with Crippen molar-refractivity contribution >= 4 is 11.7 Å². The van der Waals surface area contributed by atoms with Crippen LogP contribution in [-0.2, 0) is 0 Å². The first-order valence-corrected chi connectivity index (χ1v) is 11.0. The number of carbonyl (C=O) groups is 1. The Labute approximate surface area is 174 Å². The summed E-state index contributed by atoms with van der Waals surface area (Å²) in [6.07, 6.45) is 5.00. The van der Waals surface area contributed by atoms with E-state index in [1.54, 1.807) is 6.20 Å². The summed E-state index contributed by atoms with van der Waals surface area (Å²) in [5, 5.41) is 0. The summed E-state index contributed by atoms with van der Waals surface area (Å²) < 4.78 is 0. The summed E-state index contributed by atoms with van der Waals surface area (Å²) >= 11 is 0. The maximum Gasteiger partial charge on any atom is 0.255 e. The summed E-state index contributed by atoms with van der Waals surface area (Å²) in [4.78, 5) is 24.4. The fraction of sp³-hybridized carbons (Fsp3) is 0.500. The molecular formula is C24H32N4O. The fourth-order valence-corrected chi connectivity index (χ4v) is 4.53. The number of aromatic nitrogens is 1. The van der Waals surface area contributed by atoms with Crippen molar-refractivity contribution in [2.75, 3.05) is 50.7 Å². The molecule has 5 nitrogen and oxygen atoms in total. The van der Waals surface area contributed by atoms with E-state index >= 15 is 0 Å². The number of pyridine rings is 1. The zero-order valence-corrected chi connectivity index (χ0v) is 17.5. The van der Waals surface area contributed by atoms with Gasteiger partial charge in [-0.2, -0.15) is 0 Å². The van der Waals surface area contributed by atoms with Crippen molar-refractivity contribution in [2.24, 2.45) is 0 Å². The lowest BCUT2D eigenvalue weighted by Gasteiger charge is -2.34. The van der Waals surface area contributed by atoms with Crippen molar-refractivity contribution in [1.29, 1.82) is 0 Å². The highest BCUT2D eigenvalue weighted by molar-refractivity contribution is 5.94. The van der Waals surface area contributed by atoms with Gasteiger partial charge in [0, 0.05) is 45.5 Å². The van der Waals surface area contributed by atoms with Crippen molar-refractivity contribution in [1.82, 2.24) is 14.8 Å². The minimum atomic E-state index is 0.119. The molecule has 2 aromatic rings. The quantitative estimate of drug-likeness (QED) is 0.797. The van der Waals surface area contributed by atoms with Crippen molar-refractivity contribution in [3.05, 3.63) is 59.8 Å². The van der Waals surface area contributed by atoms with Crippen LogP contribution < -0.4 is 4.90 Å². The predicted octanol–water partition coefficient (Wildman–Crippen LogP) is 3.63. The molecule has 2 fully saturated rings. The Morgan fingerprint density at radius 1 is 0.966 bits per heavy atom. The van der Waals surface area contributed by atoms with Gasteiger partial charge in [0.2, 0.25) is 0 Å². The van der Waals surface area contributed by atoms with E-state index in [2.05, 4.69) is 52.0 Å². The molecule has 4 rings (SSSR count). The van der Waals surface area contributed by atoms with Crippen LogP contribution in [0, 0.1) is 0 Å². The Bertz CT molecular complexity index is 784. The number of piperazine rings is 1. The van der Waals surface area contributed by atoms with E-state index < -0.39 is 0 Å². The number of likely N-dealkylation sites (tertiary alicyclic amines) is 1. The first-order valence-electron chi connectivity index (χ1n) is 11.0. The van der Waals surface area contributed by atoms with Crippen LogP contribution in [-0.4, -0.2) is 66.5 Å². The largest absolute Gasteiger partial charge is 0.354 e. The molecule has 1 aromatic carbocycles. The van der Waals surface area contributed by atoms with Gasteiger partial charge in [-0.25, -0.2) is 4.98 Å². The number of amides is 1. The van der Waals surface area contributed by atoms with Crippen LogP contribution in [0.3, 0.4) is 0 Å². The number of nitrogens with zero attached hydrogens (tertiary/aromatic N) is 4. The standard InChI is InChI=1S/C24H32N4O/c1-2-26-15-17-27(18-16-26)23-11-10-22(19-25-23)24(29)28-13-6-9-21(12-14-28)20-7-4-3-5-8-20/h3-5,7-8,10-11,19,21H,2,6,9,12-18H2,1H3/t21-/m0/s1. The SMILES string of the molecule is CCN1CCN(c2ccc(C(=O)N3CCC[C@H](c4ccccc4)CC3)cn2)CC1. The summed E-state index contributed by atoms with van der Waals surface area (Å²) in [5.41, 5.74) is 2.11. The van der Waals surface area contributed by atoms with E-state index in [0.717, 1.165) is 70.9 Å². The fourth-order valence-electron chi connectivity index (χ4n) is 4.53. The molecule has 0 bridgehead atoms. The number of benzene rings is 1. The van der Waals surface area contributed by atoms with Crippen LogP contribution in [0.1, 0.15) is 48.0 Å². The van der Waals surface area contributed by atoms with Crippen molar-refractivity contribution < 1.29 is 4.79 Å². The highest BCUT2D eigenvalue weighted by Gasteiger charge is 2.23. The zero-order chi connectivity index (χ0) is 20.1. The minimum absolute atomic E-state index is 0.119. The van der Waals surface area contributed by atoms with Crippen molar-refractivity contribution in [3.8, 4) is 0 Å². The normalized spacial score (nSPS) is 21.1. The molecule has 0 saturated carbocycles. The smallest absolute Gasteiger partial charge is 0.255 e. The maximum absolute atomic E-state index is 13.0. The van der Waals surface area contributed by atoms with Gasteiger partial charge < -0.3 is 14.7 Å². The molecule has 0 aliphatic carbocycles. The molecule has 5 heteroatoms. The maximum atomic E-state index is 13.0. The Hall–Kier alpha value is -2.40. The second-order valence-electron chi connectivity index (χ2n) is 8.16. The third kappa shape index (κ3) is 4.78. The van der Waals surface area contributed by atoms with Crippen molar-refractivity contribution in [3.63, 3.8) is 0 Å². The molecule has 1 atom stereocenters. The zero-order valence-electron chi connectivity index (χ0n) is 17.5. The molecule has 0 N–H and O–H groups in total. The van der Waals surface area contributed by atoms with Crippen molar-refractivity contribution in [2.45, 2.75) is 32.1 Å². The van der Waals surface area contributed by atoms with E-state index in [1.165, 1.54) is 5.56 Å². The first kappa shape index (κ1) is 19.9. The number of carbonyl (C=O) groups excluding carboxylic acids is 1. The number of likely N-dealkylation sites (N-methyl/N-ethyl adjacent to an activating group) is 1. The molecule has 0 spiro atoms. The first-order chi connectivity index (χ1) is 14.2. The number of hydrogen-bond donors (Lipinski definition) is 0. The summed E-state index contributed by atoms with van der Waals surface area (Å²) in [5.74, 6) is 1.65. The van der Waals surface area contributed by atoms with Crippen LogP contribution in [0.2, 0.25) is 0 Å². The van der Waals surface area contributed by atoms with Gasteiger partial charge in [0.05, 0.1) is 5.56 Å². The van der Waals surface area contributed by atoms with Gasteiger partial charge in [0.15, 0.2) is 0 Å². The van der Waals surface area contributed by atoms with Crippen LogP contribution in [0.25, 0.3) is 0 Å². The lowest BCUT2D eigenvalue weighted by atomic mass is 9.92. The third-order valence-electron chi connectivity index (χ3n) is 6.42. The Kier molecular flexibility index (Phi) is 6.45. The summed E-state index contributed by atoms with van der Waals surface area (Å²) in [7, 11) is 0. The van der Waals surface area contributed by atoms with Gasteiger partial charge in [0.25, 0.3) is 5.91 Å². The molecular weight excluding hydrogens is 360 g/mol. The highest BCUT2D eigenvalue weighted by atomic mass is 16.2. The second kappa shape index (κ2) is 9.40. The van der Waals surface area contributed by atoms with E-state index in [9.17, 15) is 4.79 Å². The molecule has 1 amide bonds. The van der Waals surface area contributed by atoms with Gasteiger partial charge >= 0.3 is 0 Å². The Morgan fingerprint density at radius 2 is 1.76 bits per heavy atom. The van der Waals surface area contributed by atoms with E-state index in [1.807, 2.05) is 17.0 Å². The van der Waals surface area contributed by atoms with Gasteiger partial charge in [-0.1, -0.05) is 37.3 Å². The number of hydrogen-bond acceptors (Lipinski definition) is 4. The average molecular weight is 393 g/mol. The summed E-state index contributed by atoms with van der Waals surface area (Å²) in [6.45, 7) is 9.13. The van der Waals surface area contributed by atoms with Crippen LogP contribution >= 0.6 is 0 Å². The number of rotatable bonds is 4. The average Bonchev–Trinajstić information content (AvgIpc) is 3.06. The van der Waals surface area contributed by atoms with Gasteiger partial charge in [-0.05, 0) is 49.4 Å². The van der Waals surface area contributed by atoms with Gasteiger partial charge in [-0.3, -0.25) is 4.79 Å². The third-order valence-corrected chi connectivity index (χ3v) is 6.42. The lowest BCUT2D eigenvalue weighted by Crippen LogP contribution is -2.46. The topological polar surface area (TPSA) is 39.7 Å². The molecule has 2 saturated heterocycles. The Morgan fingerprint density at radius 3 is 2.45 bits per heavy atom. The molecule has 154 valence electrons. The molecule has 2 aliphatic heterocycles. The van der Waals surface area contributed by atoms with Crippen LogP contribution in [0.5, 0.6) is 0 Å². The second-order valence-corrected chi connectivity index (χ2v) is 8.16. The van der Waals surface area contributed by atoms with E-state index in [0.29, 0.717) is 11.5 Å². The molecule has 3 heterocycles. The van der Waals surface area contributed by atoms with Crippen LogP contribution in [0.4, 0.5) is 5.82 Å². The predicted molar refractivity (Wildman–Crippen MR) is 118 cm³/mol. The molecule has 0 radical (unpaired) electrons. The van der Waals surface area contributed by atoms with Crippen LogP contribution in [0.15, 0.2) is 48.7 Å². The molecule has 0 unspecified atom stereocenters. The monoisotopic (exact) mass is 392 g/mol. The summed E-state index contributed by atoms with van der Waals surface area (Å²) in [6, 6.07) is 14.7. The number of anilines is 1. The Balaban J connectivity index is 1.36. The van der Waals surface area contributed by atoms with E-state index in [-0.39, 0.29) is 5.91 Å². The lowest BCUT2D eigenvalue weighted by molar-refractivity contribution is 0.0760.